The number of benzene rings is 1. The van der Waals surface area contributed by atoms with E-state index in [9.17, 15) is 14.4 Å². The number of carbonyl (C=O) groups excluding carboxylic acids is 3. The summed E-state index contributed by atoms with van der Waals surface area (Å²) in [6.45, 7) is 1.39. The van der Waals surface area contributed by atoms with Gasteiger partial charge in [0.05, 0.1) is 5.56 Å². The minimum atomic E-state index is -1.12. The Morgan fingerprint density at radius 2 is 1.96 bits per heavy atom. The number of anilines is 1. The zero-order valence-corrected chi connectivity index (χ0v) is 14.9. The summed E-state index contributed by atoms with van der Waals surface area (Å²) in [5.74, 6) is -1.42. The van der Waals surface area contributed by atoms with E-state index >= 15 is 0 Å². The van der Waals surface area contributed by atoms with Gasteiger partial charge in [0.2, 0.25) is 0 Å². The molecule has 4 N–H and O–H groups in total. The fourth-order valence-electron chi connectivity index (χ4n) is 2.49. The number of rotatable bonds is 4. The van der Waals surface area contributed by atoms with Gasteiger partial charge in [-0.2, -0.15) is 0 Å². The van der Waals surface area contributed by atoms with Gasteiger partial charge in [0.15, 0.2) is 6.10 Å². The summed E-state index contributed by atoms with van der Waals surface area (Å²) in [6, 6.07) is 4.28. The van der Waals surface area contributed by atoms with Crippen LogP contribution in [-0.4, -0.2) is 30.1 Å². The molecule has 0 bridgehead atoms. The highest BCUT2D eigenvalue weighted by molar-refractivity contribution is 9.10. The molecule has 3 amide bonds. The fraction of sp³-hybridized carbons (Fsp3) is 0.438. The Labute approximate surface area is 148 Å². The maximum absolute atomic E-state index is 12.1. The average molecular weight is 398 g/mol. The summed E-state index contributed by atoms with van der Waals surface area (Å²) < 4.78 is 5.74. The average Bonchev–Trinajstić information content (AvgIpc) is 3.02. The highest BCUT2D eigenvalue weighted by Crippen LogP contribution is 2.20. The van der Waals surface area contributed by atoms with Gasteiger partial charge in [0, 0.05) is 16.2 Å². The molecular formula is C16H20BrN3O4. The second-order valence-corrected chi connectivity index (χ2v) is 6.64. The molecule has 130 valence electrons. The molecule has 1 aromatic carbocycles. The number of halogens is 1. The molecule has 1 saturated carbocycles. The number of nitrogens with two attached hydrogens (primary N) is 1. The Morgan fingerprint density at radius 1 is 1.29 bits per heavy atom. The van der Waals surface area contributed by atoms with Crippen molar-refractivity contribution in [3.8, 4) is 0 Å². The molecule has 2 rings (SSSR count). The van der Waals surface area contributed by atoms with E-state index < -0.39 is 24.0 Å². The fourth-order valence-corrected chi connectivity index (χ4v) is 2.85. The molecule has 0 aromatic heterocycles. The molecule has 0 saturated heterocycles. The normalized spacial score (nSPS) is 15.6. The Kier molecular flexibility index (Phi) is 6.19. The molecule has 0 aliphatic heterocycles. The van der Waals surface area contributed by atoms with Crippen molar-refractivity contribution >= 4 is 39.5 Å². The van der Waals surface area contributed by atoms with Gasteiger partial charge in [-0.15, -0.1) is 0 Å². The van der Waals surface area contributed by atoms with Crippen molar-refractivity contribution in [2.24, 2.45) is 0 Å². The number of ether oxygens (including phenoxy) is 1. The molecular weight excluding hydrogens is 378 g/mol. The van der Waals surface area contributed by atoms with Crippen LogP contribution in [-0.2, 0) is 9.53 Å². The molecule has 1 aromatic rings. The molecule has 0 radical (unpaired) electrons. The first-order valence-electron chi connectivity index (χ1n) is 7.74. The number of urea groups is 1. The standard InChI is InChI=1S/C16H20BrN3O4/c1-9(14(21)20-16(23)19-11-4-2-3-5-11)24-15(22)12-8-10(17)6-7-13(12)18/h6-9,11H,2-5,18H2,1H3,(H2,19,20,21,23)/t9-/m1/s1. The van der Waals surface area contributed by atoms with Crippen LogP contribution in [0, 0.1) is 0 Å². The van der Waals surface area contributed by atoms with Gasteiger partial charge in [0.25, 0.3) is 5.91 Å². The van der Waals surface area contributed by atoms with Gasteiger partial charge in [-0.25, -0.2) is 9.59 Å². The lowest BCUT2D eigenvalue weighted by Gasteiger charge is -2.16. The second-order valence-electron chi connectivity index (χ2n) is 5.72. The number of nitrogen functional groups attached to an aromatic ring is 1. The Balaban J connectivity index is 1.87. The molecule has 1 aliphatic rings. The van der Waals surface area contributed by atoms with Crippen LogP contribution in [0.2, 0.25) is 0 Å². The maximum Gasteiger partial charge on any atom is 0.341 e. The smallest absolute Gasteiger partial charge is 0.341 e. The van der Waals surface area contributed by atoms with Crippen LogP contribution in [0.1, 0.15) is 43.0 Å². The number of nitrogens with one attached hydrogen (secondary N) is 2. The second kappa shape index (κ2) is 8.14. The number of hydrogen-bond donors (Lipinski definition) is 3. The summed E-state index contributed by atoms with van der Waals surface area (Å²) in [5.41, 5.74) is 6.13. The molecule has 0 heterocycles. The van der Waals surface area contributed by atoms with Gasteiger partial charge in [-0.05, 0) is 38.0 Å². The van der Waals surface area contributed by atoms with Gasteiger partial charge in [0.1, 0.15) is 0 Å². The SMILES string of the molecule is C[C@@H](OC(=O)c1cc(Br)ccc1N)C(=O)NC(=O)NC1CCCC1. The molecule has 7 nitrogen and oxygen atoms in total. The summed E-state index contributed by atoms with van der Waals surface area (Å²) in [6.07, 6.45) is 2.84. The third-order valence-electron chi connectivity index (χ3n) is 3.82. The Hall–Kier alpha value is -2.09. The van der Waals surface area contributed by atoms with Crippen LogP contribution < -0.4 is 16.4 Å². The predicted molar refractivity (Wildman–Crippen MR) is 92.4 cm³/mol. The monoisotopic (exact) mass is 397 g/mol. The molecule has 8 heteroatoms. The molecule has 1 aliphatic carbocycles. The van der Waals surface area contributed by atoms with E-state index in [1.165, 1.54) is 13.0 Å². The summed E-state index contributed by atoms with van der Waals surface area (Å²) >= 11 is 3.24. The topological polar surface area (TPSA) is 111 Å². The van der Waals surface area contributed by atoms with Crippen LogP contribution in [0.15, 0.2) is 22.7 Å². The molecule has 1 atom stereocenters. The van der Waals surface area contributed by atoms with E-state index in [0.29, 0.717) is 4.47 Å². The molecule has 0 unspecified atom stereocenters. The summed E-state index contributed by atoms with van der Waals surface area (Å²) in [5, 5.41) is 4.91. The molecule has 24 heavy (non-hydrogen) atoms. The van der Waals surface area contributed by atoms with E-state index in [1.54, 1.807) is 12.1 Å². The number of imide groups is 1. The minimum absolute atomic E-state index is 0.0946. The summed E-state index contributed by atoms with van der Waals surface area (Å²) in [7, 11) is 0. The highest BCUT2D eigenvalue weighted by atomic mass is 79.9. The van der Waals surface area contributed by atoms with Crippen LogP contribution in [0.25, 0.3) is 0 Å². The van der Waals surface area contributed by atoms with E-state index in [2.05, 4.69) is 26.6 Å². The van der Waals surface area contributed by atoms with Crippen LogP contribution >= 0.6 is 15.9 Å². The van der Waals surface area contributed by atoms with E-state index in [1.807, 2.05) is 0 Å². The minimum Gasteiger partial charge on any atom is -0.449 e. The van der Waals surface area contributed by atoms with Gasteiger partial charge < -0.3 is 15.8 Å². The number of carbonyl (C=O) groups is 3. The zero-order valence-electron chi connectivity index (χ0n) is 13.3. The lowest BCUT2D eigenvalue weighted by Crippen LogP contribution is -2.47. The Morgan fingerprint density at radius 3 is 2.62 bits per heavy atom. The first-order chi connectivity index (χ1) is 11.4. The van der Waals surface area contributed by atoms with E-state index in [4.69, 9.17) is 10.5 Å². The first-order valence-corrected chi connectivity index (χ1v) is 8.53. The van der Waals surface area contributed by atoms with Crippen LogP contribution in [0.3, 0.4) is 0 Å². The van der Waals surface area contributed by atoms with Crippen molar-refractivity contribution < 1.29 is 19.1 Å². The summed E-state index contributed by atoms with van der Waals surface area (Å²) in [4.78, 5) is 35.8. The predicted octanol–water partition coefficient (Wildman–Crippen LogP) is 2.34. The number of esters is 1. The lowest BCUT2D eigenvalue weighted by atomic mass is 10.2. The van der Waals surface area contributed by atoms with Gasteiger partial charge >= 0.3 is 12.0 Å². The van der Waals surface area contributed by atoms with E-state index in [0.717, 1.165) is 25.7 Å². The van der Waals surface area contributed by atoms with Crippen molar-refractivity contribution in [1.82, 2.24) is 10.6 Å². The third-order valence-corrected chi connectivity index (χ3v) is 4.31. The van der Waals surface area contributed by atoms with Gasteiger partial charge in [-0.3, -0.25) is 10.1 Å². The number of hydrogen-bond acceptors (Lipinski definition) is 5. The van der Waals surface area contributed by atoms with Crippen LogP contribution in [0.4, 0.5) is 10.5 Å². The maximum atomic E-state index is 12.1. The van der Waals surface area contributed by atoms with Crippen molar-refractivity contribution in [1.29, 1.82) is 0 Å². The quantitative estimate of drug-likeness (QED) is 0.533. The molecule has 0 spiro atoms. The number of amides is 3. The van der Waals surface area contributed by atoms with E-state index in [-0.39, 0.29) is 17.3 Å². The van der Waals surface area contributed by atoms with Crippen LogP contribution in [0.5, 0.6) is 0 Å². The van der Waals surface area contributed by atoms with Crippen molar-refractivity contribution in [3.05, 3.63) is 28.2 Å². The largest absolute Gasteiger partial charge is 0.449 e. The zero-order chi connectivity index (χ0) is 17.7. The van der Waals surface area contributed by atoms with Gasteiger partial charge in [-0.1, -0.05) is 28.8 Å². The van der Waals surface area contributed by atoms with Crippen molar-refractivity contribution in [2.75, 3.05) is 5.73 Å². The van der Waals surface area contributed by atoms with Crippen molar-refractivity contribution in [2.45, 2.75) is 44.8 Å². The first kappa shape index (κ1) is 18.3. The van der Waals surface area contributed by atoms with Crippen molar-refractivity contribution in [3.63, 3.8) is 0 Å². The lowest BCUT2D eigenvalue weighted by molar-refractivity contribution is -0.127. The third kappa shape index (κ3) is 4.95. The highest BCUT2D eigenvalue weighted by Gasteiger charge is 2.23. The Bertz CT molecular complexity index is 644. The molecule has 1 fully saturated rings.